The lowest BCUT2D eigenvalue weighted by molar-refractivity contribution is 0.00578. The van der Waals surface area contributed by atoms with Crippen molar-refractivity contribution >= 4 is 18.3 Å². The number of benzene rings is 1. The molecule has 0 radical (unpaired) electrons. The summed E-state index contributed by atoms with van der Waals surface area (Å²) in [7, 11) is 1.69. The summed E-state index contributed by atoms with van der Waals surface area (Å²) in [5.74, 6) is 0. The van der Waals surface area contributed by atoms with Crippen LogP contribution >= 0.6 is 0 Å². The van der Waals surface area contributed by atoms with Crippen molar-refractivity contribution in [2.45, 2.75) is 45.4 Å². The average molecular weight is 324 g/mol. The predicted molar refractivity (Wildman–Crippen MR) is 98.5 cm³/mol. The lowest BCUT2D eigenvalue weighted by Gasteiger charge is -2.32. The van der Waals surface area contributed by atoms with E-state index < -0.39 is 0 Å². The van der Waals surface area contributed by atoms with E-state index in [9.17, 15) is 0 Å². The molecule has 0 amide bonds. The van der Waals surface area contributed by atoms with Crippen molar-refractivity contribution < 1.29 is 9.31 Å². The van der Waals surface area contributed by atoms with Gasteiger partial charge in [-0.3, -0.25) is 4.98 Å². The van der Waals surface area contributed by atoms with Crippen molar-refractivity contribution in [3.63, 3.8) is 0 Å². The Morgan fingerprint density at radius 3 is 2.25 bits per heavy atom. The zero-order valence-corrected chi connectivity index (χ0v) is 15.1. The van der Waals surface area contributed by atoms with Gasteiger partial charge in [-0.25, -0.2) is 0 Å². The lowest BCUT2D eigenvalue weighted by atomic mass is 9.78. The van der Waals surface area contributed by atoms with Gasteiger partial charge in [-0.15, -0.1) is 0 Å². The second-order valence-electron chi connectivity index (χ2n) is 7.36. The van der Waals surface area contributed by atoms with Crippen LogP contribution in [0.4, 0.5) is 5.69 Å². The Balaban J connectivity index is 1.86. The van der Waals surface area contributed by atoms with E-state index in [1.54, 1.807) is 6.20 Å². The minimum absolute atomic E-state index is 0.351. The first-order chi connectivity index (χ1) is 11.3. The summed E-state index contributed by atoms with van der Waals surface area (Å²) < 4.78 is 12.4. The Morgan fingerprint density at radius 1 is 1.00 bits per heavy atom. The molecule has 0 unspecified atom stereocenters. The molecule has 1 fully saturated rings. The van der Waals surface area contributed by atoms with Crippen molar-refractivity contribution in [1.29, 1.82) is 0 Å². The van der Waals surface area contributed by atoms with E-state index in [0.29, 0.717) is 0 Å². The Kier molecular flexibility index (Phi) is 4.41. The van der Waals surface area contributed by atoms with Crippen LogP contribution in [0.5, 0.6) is 0 Å². The first-order valence-corrected chi connectivity index (χ1v) is 8.35. The highest BCUT2D eigenvalue weighted by molar-refractivity contribution is 6.63. The third kappa shape index (κ3) is 3.19. The number of nitrogens with zero attached hydrogens (tertiary/aromatic N) is 2. The Morgan fingerprint density at radius 2 is 1.62 bits per heavy atom. The molecule has 0 spiro atoms. The van der Waals surface area contributed by atoms with Gasteiger partial charge in [0, 0.05) is 31.4 Å². The molecular weight excluding hydrogens is 299 g/mol. The van der Waals surface area contributed by atoms with E-state index in [2.05, 4.69) is 68.9 Å². The van der Waals surface area contributed by atoms with Crippen molar-refractivity contribution in [1.82, 2.24) is 4.98 Å². The number of anilines is 1. The van der Waals surface area contributed by atoms with Crippen molar-refractivity contribution in [2.75, 3.05) is 11.9 Å². The van der Waals surface area contributed by atoms with E-state index in [-0.39, 0.29) is 18.3 Å². The summed E-state index contributed by atoms with van der Waals surface area (Å²) in [5, 5.41) is 0. The number of hydrogen-bond donors (Lipinski definition) is 0. The summed E-state index contributed by atoms with van der Waals surface area (Å²) >= 11 is 0. The largest absolute Gasteiger partial charge is 0.497 e. The van der Waals surface area contributed by atoms with Crippen LogP contribution in [0.1, 0.15) is 33.3 Å². The van der Waals surface area contributed by atoms with Gasteiger partial charge in [-0.05, 0) is 39.3 Å². The van der Waals surface area contributed by atoms with Gasteiger partial charge in [0.2, 0.25) is 0 Å². The summed E-state index contributed by atoms with van der Waals surface area (Å²) in [5.41, 5.74) is 2.59. The molecule has 4 nitrogen and oxygen atoms in total. The van der Waals surface area contributed by atoms with Gasteiger partial charge < -0.3 is 14.2 Å². The molecule has 3 rings (SSSR count). The van der Waals surface area contributed by atoms with Crippen LogP contribution in [0.25, 0.3) is 0 Å². The molecule has 0 aliphatic carbocycles. The molecule has 0 bridgehead atoms. The van der Waals surface area contributed by atoms with E-state index in [0.717, 1.165) is 17.7 Å². The molecule has 24 heavy (non-hydrogen) atoms. The van der Waals surface area contributed by atoms with E-state index >= 15 is 0 Å². The SMILES string of the molecule is CN(Cc1ccccc1)c1cnccc1B1OC(C)(C)C(C)(C)O1. The van der Waals surface area contributed by atoms with Crippen LogP contribution in [0.15, 0.2) is 48.8 Å². The lowest BCUT2D eigenvalue weighted by Crippen LogP contribution is -2.41. The molecule has 0 N–H and O–H groups in total. The third-order valence-electron chi connectivity index (χ3n) is 5.01. The first kappa shape index (κ1) is 17.0. The Bertz CT molecular complexity index is 688. The van der Waals surface area contributed by atoms with Crippen LogP contribution in [-0.2, 0) is 15.9 Å². The quantitative estimate of drug-likeness (QED) is 0.810. The number of hydrogen-bond acceptors (Lipinski definition) is 4. The highest BCUT2D eigenvalue weighted by atomic mass is 16.7. The number of aromatic nitrogens is 1. The van der Waals surface area contributed by atoms with Gasteiger partial charge in [-0.1, -0.05) is 30.3 Å². The molecule has 0 atom stereocenters. The fourth-order valence-corrected chi connectivity index (χ4v) is 2.83. The molecule has 1 aromatic carbocycles. The van der Waals surface area contributed by atoms with Gasteiger partial charge in [0.1, 0.15) is 0 Å². The van der Waals surface area contributed by atoms with Crippen LogP contribution in [0, 0.1) is 0 Å². The van der Waals surface area contributed by atoms with Gasteiger partial charge >= 0.3 is 7.12 Å². The standard InChI is InChI=1S/C19H25BN2O2/c1-18(2)19(3,4)24-20(23-18)16-11-12-21-13-17(16)22(5)14-15-9-7-6-8-10-15/h6-13H,14H2,1-5H3. The van der Waals surface area contributed by atoms with Crippen LogP contribution < -0.4 is 10.4 Å². The molecular formula is C19H25BN2O2. The van der Waals surface area contributed by atoms with Crippen molar-refractivity contribution in [2.24, 2.45) is 0 Å². The van der Waals surface area contributed by atoms with Gasteiger partial charge in [-0.2, -0.15) is 0 Å². The van der Waals surface area contributed by atoms with Crippen molar-refractivity contribution in [3.05, 3.63) is 54.4 Å². The fraction of sp³-hybridized carbons (Fsp3) is 0.421. The van der Waals surface area contributed by atoms with Crippen molar-refractivity contribution in [3.8, 4) is 0 Å². The van der Waals surface area contributed by atoms with E-state index in [4.69, 9.17) is 9.31 Å². The number of rotatable bonds is 4. The topological polar surface area (TPSA) is 34.6 Å². The summed E-state index contributed by atoms with van der Waals surface area (Å²) in [6, 6.07) is 12.4. The predicted octanol–water partition coefficient (Wildman–Crippen LogP) is 3.02. The minimum Gasteiger partial charge on any atom is -0.399 e. The maximum atomic E-state index is 6.21. The van der Waals surface area contributed by atoms with E-state index in [1.807, 2.05) is 18.3 Å². The first-order valence-electron chi connectivity index (χ1n) is 8.35. The maximum Gasteiger partial charge on any atom is 0.497 e. The molecule has 1 aliphatic heterocycles. The highest BCUT2D eigenvalue weighted by Crippen LogP contribution is 2.37. The molecule has 126 valence electrons. The third-order valence-corrected chi connectivity index (χ3v) is 5.01. The summed E-state index contributed by atoms with van der Waals surface area (Å²) in [4.78, 5) is 6.48. The number of pyridine rings is 1. The van der Waals surface area contributed by atoms with Crippen LogP contribution in [-0.4, -0.2) is 30.4 Å². The monoisotopic (exact) mass is 324 g/mol. The molecule has 1 aliphatic rings. The molecule has 1 saturated heterocycles. The highest BCUT2D eigenvalue weighted by Gasteiger charge is 2.52. The Labute approximate surface area is 145 Å². The minimum atomic E-state index is -0.383. The van der Waals surface area contributed by atoms with Crippen LogP contribution in [0.3, 0.4) is 0 Å². The maximum absolute atomic E-state index is 6.21. The Hall–Kier alpha value is -1.85. The van der Waals surface area contributed by atoms with Gasteiger partial charge in [0.25, 0.3) is 0 Å². The fourth-order valence-electron chi connectivity index (χ4n) is 2.83. The zero-order valence-electron chi connectivity index (χ0n) is 15.1. The van der Waals surface area contributed by atoms with Crippen LogP contribution in [0.2, 0.25) is 0 Å². The zero-order chi connectivity index (χ0) is 17.4. The van der Waals surface area contributed by atoms with Gasteiger partial charge in [0.05, 0.1) is 16.9 Å². The normalized spacial score (nSPS) is 18.6. The van der Waals surface area contributed by atoms with Gasteiger partial charge in [0.15, 0.2) is 0 Å². The average Bonchev–Trinajstić information content (AvgIpc) is 2.76. The summed E-state index contributed by atoms with van der Waals surface area (Å²) in [6.07, 6.45) is 3.67. The molecule has 1 aromatic heterocycles. The second-order valence-corrected chi connectivity index (χ2v) is 7.36. The molecule has 2 aromatic rings. The molecule has 5 heteroatoms. The molecule has 0 saturated carbocycles. The second kappa shape index (κ2) is 6.23. The molecule has 2 heterocycles. The van der Waals surface area contributed by atoms with E-state index in [1.165, 1.54) is 5.56 Å². The smallest absolute Gasteiger partial charge is 0.399 e. The summed E-state index contributed by atoms with van der Waals surface area (Å²) in [6.45, 7) is 9.09.